The van der Waals surface area contributed by atoms with Crippen molar-refractivity contribution in [2.75, 3.05) is 20.3 Å². The second-order valence-corrected chi connectivity index (χ2v) is 5.28. The molecule has 6 nitrogen and oxygen atoms in total. The number of methoxy groups -OCH3 is 1. The molecule has 106 valence electrons. The number of carbonyl (C=O) groups excluding carboxylic acids is 1. The van der Waals surface area contributed by atoms with Crippen molar-refractivity contribution in [1.29, 1.82) is 0 Å². The molecule has 8 heteroatoms. The number of benzene rings is 1. The van der Waals surface area contributed by atoms with Crippen molar-refractivity contribution in [3.8, 4) is 0 Å². The molecule has 0 aliphatic heterocycles. The molecule has 0 radical (unpaired) electrons. The Morgan fingerprint density at radius 1 is 1.37 bits per heavy atom. The van der Waals surface area contributed by atoms with Crippen LogP contribution in [0.15, 0.2) is 17.0 Å². The van der Waals surface area contributed by atoms with Crippen LogP contribution in [0.3, 0.4) is 0 Å². The summed E-state index contributed by atoms with van der Waals surface area (Å²) in [6.45, 7) is 1.42. The summed E-state index contributed by atoms with van der Waals surface area (Å²) in [4.78, 5) is 11.1. The van der Waals surface area contributed by atoms with Crippen LogP contribution >= 0.6 is 0 Å². The van der Waals surface area contributed by atoms with Crippen molar-refractivity contribution in [2.45, 2.75) is 11.8 Å². The fraction of sp³-hybridized carbons (Fsp3) is 0.364. The minimum absolute atomic E-state index is 0.0183. The molecule has 0 aliphatic carbocycles. The Labute approximate surface area is 110 Å². The molecule has 0 fully saturated rings. The van der Waals surface area contributed by atoms with E-state index in [1.165, 1.54) is 14.0 Å². The van der Waals surface area contributed by atoms with Gasteiger partial charge in [-0.3, -0.25) is 0 Å². The monoisotopic (exact) mass is 291 g/mol. The molecule has 0 heterocycles. The zero-order valence-electron chi connectivity index (χ0n) is 10.5. The molecule has 0 aromatic heterocycles. The predicted octanol–water partition coefficient (Wildman–Crippen LogP) is 0.585. The standard InChI is InChI=1S/C11H14FNO5S/c1-7-9(12)5-8(6-10(7)19(13,15)16)11(14)18-4-3-17-2/h5-6H,3-4H2,1-2H3,(H2,13,15,16). The van der Waals surface area contributed by atoms with Crippen molar-refractivity contribution >= 4 is 16.0 Å². The maximum absolute atomic E-state index is 13.6. The van der Waals surface area contributed by atoms with E-state index in [1.54, 1.807) is 0 Å². The van der Waals surface area contributed by atoms with E-state index in [0.717, 1.165) is 12.1 Å². The van der Waals surface area contributed by atoms with Gasteiger partial charge in [0.1, 0.15) is 12.4 Å². The van der Waals surface area contributed by atoms with E-state index in [9.17, 15) is 17.6 Å². The van der Waals surface area contributed by atoms with Gasteiger partial charge in [0.05, 0.1) is 17.1 Å². The lowest BCUT2D eigenvalue weighted by atomic mass is 10.1. The minimum Gasteiger partial charge on any atom is -0.460 e. The van der Waals surface area contributed by atoms with Crippen LogP contribution < -0.4 is 5.14 Å². The van der Waals surface area contributed by atoms with E-state index < -0.39 is 26.7 Å². The van der Waals surface area contributed by atoms with E-state index >= 15 is 0 Å². The molecule has 0 aliphatic rings. The van der Waals surface area contributed by atoms with Crippen LogP contribution in [0.2, 0.25) is 0 Å². The highest BCUT2D eigenvalue weighted by Gasteiger charge is 2.19. The molecular weight excluding hydrogens is 277 g/mol. The molecule has 0 unspecified atom stereocenters. The first kappa shape index (κ1) is 15.5. The van der Waals surface area contributed by atoms with Gasteiger partial charge in [0.25, 0.3) is 0 Å². The second kappa shape index (κ2) is 6.09. The summed E-state index contributed by atoms with van der Waals surface area (Å²) in [5.41, 5.74) is -0.362. The predicted molar refractivity (Wildman–Crippen MR) is 64.7 cm³/mol. The lowest BCUT2D eigenvalue weighted by Crippen LogP contribution is -2.17. The maximum atomic E-state index is 13.6. The van der Waals surface area contributed by atoms with Gasteiger partial charge >= 0.3 is 5.97 Å². The minimum atomic E-state index is -4.11. The van der Waals surface area contributed by atoms with Crippen LogP contribution in [0.5, 0.6) is 0 Å². The van der Waals surface area contributed by atoms with Crippen molar-refractivity contribution in [2.24, 2.45) is 5.14 Å². The van der Waals surface area contributed by atoms with Gasteiger partial charge in [0.2, 0.25) is 10.0 Å². The second-order valence-electron chi connectivity index (χ2n) is 3.75. The molecule has 1 aromatic rings. The summed E-state index contributed by atoms with van der Waals surface area (Å²) in [6, 6.07) is 1.89. The van der Waals surface area contributed by atoms with Gasteiger partial charge < -0.3 is 9.47 Å². The summed E-state index contributed by atoms with van der Waals surface area (Å²) in [5.74, 6) is -1.69. The summed E-state index contributed by atoms with van der Waals surface area (Å²) in [6.07, 6.45) is 0. The molecule has 1 aromatic carbocycles. The Balaban J connectivity index is 3.11. The molecule has 0 saturated carbocycles. The van der Waals surface area contributed by atoms with Gasteiger partial charge in [-0.25, -0.2) is 22.7 Å². The van der Waals surface area contributed by atoms with Crippen LogP contribution in [0.4, 0.5) is 4.39 Å². The fourth-order valence-electron chi connectivity index (χ4n) is 1.37. The SMILES string of the molecule is COCCOC(=O)c1cc(F)c(C)c(S(N)(=O)=O)c1. The smallest absolute Gasteiger partial charge is 0.338 e. The maximum Gasteiger partial charge on any atom is 0.338 e. The number of ether oxygens (including phenoxy) is 2. The highest BCUT2D eigenvalue weighted by atomic mass is 32.2. The first-order valence-electron chi connectivity index (χ1n) is 5.26. The summed E-state index contributed by atoms with van der Waals surface area (Å²) >= 11 is 0. The molecule has 0 amide bonds. The molecule has 0 atom stereocenters. The molecule has 0 saturated heterocycles. The summed E-state index contributed by atoms with van der Waals surface area (Å²) in [7, 11) is -2.68. The first-order chi connectivity index (χ1) is 8.77. The van der Waals surface area contributed by atoms with Gasteiger partial charge in [0.15, 0.2) is 0 Å². The van der Waals surface area contributed by atoms with Crippen molar-refractivity contribution < 1.29 is 27.1 Å². The lowest BCUT2D eigenvalue weighted by molar-refractivity contribution is 0.0387. The van der Waals surface area contributed by atoms with Gasteiger partial charge in [-0.2, -0.15) is 0 Å². The number of primary sulfonamides is 1. The highest BCUT2D eigenvalue weighted by Crippen LogP contribution is 2.20. The Bertz CT molecular complexity index is 585. The zero-order chi connectivity index (χ0) is 14.6. The van der Waals surface area contributed by atoms with Gasteiger partial charge in [0, 0.05) is 12.7 Å². The third kappa shape index (κ3) is 3.98. The number of sulfonamides is 1. The van der Waals surface area contributed by atoms with Crippen LogP contribution in [-0.2, 0) is 19.5 Å². The van der Waals surface area contributed by atoms with E-state index in [0.29, 0.717) is 0 Å². The summed E-state index contributed by atoms with van der Waals surface area (Å²) < 4.78 is 45.6. The number of hydrogen-bond donors (Lipinski definition) is 1. The fourth-order valence-corrected chi connectivity index (χ4v) is 2.18. The average Bonchev–Trinajstić information content (AvgIpc) is 2.31. The van der Waals surface area contributed by atoms with Crippen LogP contribution in [0.25, 0.3) is 0 Å². The lowest BCUT2D eigenvalue weighted by Gasteiger charge is -2.08. The highest BCUT2D eigenvalue weighted by molar-refractivity contribution is 7.89. The third-order valence-electron chi connectivity index (χ3n) is 2.36. The molecule has 0 bridgehead atoms. The molecule has 19 heavy (non-hydrogen) atoms. The van der Waals surface area contributed by atoms with Gasteiger partial charge in [-0.05, 0) is 19.1 Å². The molecule has 1 rings (SSSR count). The zero-order valence-corrected chi connectivity index (χ0v) is 11.3. The normalized spacial score (nSPS) is 11.4. The van der Waals surface area contributed by atoms with Crippen LogP contribution in [0.1, 0.15) is 15.9 Å². The first-order valence-corrected chi connectivity index (χ1v) is 6.81. The number of esters is 1. The van der Waals surface area contributed by atoms with Crippen molar-refractivity contribution in [3.05, 3.63) is 29.1 Å². The summed E-state index contributed by atoms with van der Waals surface area (Å²) in [5, 5.41) is 4.95. The van der Waals surface area contributed by atoms with E-state index in [1.807, 2.05) is 0 Å². The Kier molecular flexibility index (Phi) is 4.98. The quantitative estimate of drug-likeness (QED) is 0.632. The topological polar surface area (TPSA) is 95.7 Å². The molecular formula is C11H14FNO5S. The number of hydrogen-bond acceptors (Lipinski definition) is 5. The van der Waals surface area contributed by atoms with Crippen LogP contribution in [0, 0.1) is 12.7 Å². The largest absolute Gasteiger partial charge is 0.460 e. The molecule has 0 spiro atoms. The Morgan fingerprint density at radius 3 is 2.53 bits per heavy atom. The number of rotatable bonds is 5. The van der Waals surface area contributed by atoms with E-state index in [-0.39, 0.29) is 24.3 Å². The molecule has 2 N–H and O–H groups in total. The number of nitrogens with two attached hydrogens (primary N) is 1. The average molecular weight is 291 g/mol. The number of halogens is 1. The Morgan fingerprint density at radius 2 is 2.00 bits per heavy atom. The van der Waals surface area contributed by atoms with Gasteiger partial charge in [-0.1, -0.05) is 0 Å². The Hall–Kier alpha value is -1.51. The van der Waals surface area contributed by atoms with Crippen molar-refractivity contribution in [3.63, 3.8) is 0 Å². The third-order valence-corrected chi connectivity index (χ3v) is 3.40. The van der Waals surface area contributed by atoms with Crippen LogP contribution in [-0.4, -0.2) is 34.7 Å². The van der Waals surface area contributed by atoms with Crippen molar-refractivity contribution in [1.82, 2.24) is 0 Å². The van der Waals surface area contributed by atoms with Gasteiger partial charge in [-0.15, -0.1) is 0 Å². The van der Waals surface area contributed by atoms with E-state index in [2.05, 4.69) is 4.74 Å². The number of carbonyl (C=O) groups is 1. The van der Waals surface area contributed by atoms with E-state index in [4.69, 9.17) is 9.88 Å².